The summed E-state index contributed by atoms with van der Waals surface area (Å²) in [5, 5.41) is 48.8. The van der Waals surface area contributed by atoms with Crippen LogP contribution in [0.4, 0.5) is 34.1 Å². The molecule has 0 aliphatic carbocycles. The number of benzene rings is 9. The van der Waals surface area contributed by atoms with Gasteiger partial charge in [-0.15, -0.1) is 10.2 Å². The van der Waals surface area contributed by atoms with E-state index in [0.29, 0.717) is 44.0 Å². The van der Waals surface area contributed by atoms with Crippen LogP contribution < -0.4 is 20.1 Å². The standard InChI is InChI=1S/C56H36Cl4N6O8/c1-29-17-19-35(27-39(29)55(71)73-51-43(57)13-7-14-44(51)58)63-65-47-37-11-5-3-9-31(37)25-41(49(47)67)53(69)61-33-21-23-34(24-22-33)62-54(70)42-26-32-10-4-6-12-38(32)48(50(42)68)66-64-36-20-18-30(2)40(28-36)56(72)74-52-45(59)15-8-16-46(52)60/h3-28,67-68H,1-2H3,(H,61,69)(H,62,70). The van der Waals surface area contributed by atoms with E-state index in [4.69, 9.17) is 55.9 Å². The number of carbonyl (C=O) groups is 4. The lowest BCUT2D eigenvalue weighted by Crippen LogP contribution is -2.13. The number of rotatable bonds is 12. The molecule has 18 heteroatoms. The van der Waals surface area contributed by atoms with Crippen LogP contribution in [0.15, 0.2) is 178 Å². The average molecular weight is 1060 g/mol. The van der Waals surface area contributed by atoms with Crippen LogP contribution in [-0.2, 0) is 0 Å². The first-order chi connectivity index (χ1) is 35.6. The van der Waals surface area contributed by atoms with Gasteiger partial charge in [-0.3, -0.25) is 9.59 Å². The Kier molecular flexibility index (Phi) is 14.7. The number of phenolic OH excluding ortho intramolecular Hbond substituents is 2. The number of hydrogen-bond donors (Lipinski definition) is 4. The number of phenols is 2. The monoisotopic (exact) mass is 1060 g/mol. The number of carbonyl (C=O) groups excluding carboxylic acids is 4. The molecule has 0 unspecified atom stereocenters. The fourth-order valence-corrected chi connectivity index (χ4v) is 8.62. The zero-order valence-corrected chi connectivity index (χ0v) is 41.7. The number of hydrogen-bond acceptors (Lipinski definition) is 12. The number of nitrogens with zero attached hydrogens (tertiary/aromatic N) is 4. The van der Waals surface area contributed by atoms with Gasteiger partial charge in [0.1, 0.15) is 11.4 Å². The van der Waals surface area contributed by atoms with Gasteiger partial charge in [0.15, 0.2) is 23.0 Å². The molecule has 366 valence electrons. The number of nitrogens with one attached hydrogen (secondary N) is 2. The summed E-state index contributed by atoms with van der Waals surface area (Å²) in [6.45, 7) is 3.44. The SMILES string of the molecule is Cc1ccc(N=Nc2c(O)c(C(=O)Nc3ccc(NC(=O)c4cc5ccccc5c(N=Nc5ccc(C)c(C(=O)Oc6c(Cl)cccc6Cl)c5)c4O)cc3)cc3ccccc23)cc1C(=O)Oc1c(Cl)cccc1Cl. The Morgan fingerprint density at radius 3 is 1.18 bits per heavy atom. The van der Waals surface area contributed by atoms with Crippen LogP contribution in [0, 0.1) is 13.8 Å². The van der Waals surface area contributed by atoms with E-state index < -0.39 is 35.3 Å². The first-order valence-electron chi connectivity index (χ1n) is 22.2. The highest BCUT2D eigenvalue weighted by Crippen LogP contribution is 2.42. The molecule has 0 saturated heterocycles. The molecule has 0 spiro atoms. The Morgan fingerprint density at radius 1 is 0.432 bits per heavy atom. The van der Waals surface area contributed by atoms with E-state index in [2.05, 4.69) is 31.1 Å². The number of ether oxygens (including phenoxy) is 2. The molecule has 0 bridgehead atoms. The molecule has 0 heterocycles. The van der Waals surface area contributed by atoms with Crippen LogP contribution in [-0.4, -0.2) is 34.0 Å². The Bertz CT molecular complexity index is 3540. The molecule has 0 atom stereocenters. The molecule has 9 aromatic rings. The third-order valence-electron chi connectivity index (χ3n) is 11.5. The Labute approximate surface area is 441 Å². The normalized spacial score (nSPS) is 11.3. The summed E-state index contributed by atoms with van der Waals surface area (Å²) in [4.78, 5) is 54.1. The molecule has 0 saturated carbocycles. The maximum Gasteiger partial charge on any atom is 0.343 e. The van der Waals surface area contributed by atoms with Crippen LogP contribution in [0.2, 0.25) is 20.1 Å². The highest BCUT2D eigenvalue weighted by Gasteiger charge is 2.23. The van der Waals surface area contributed by atoms with Crippen LogP contribution in [0.25, 0.3) is 21.5 Å². The summed E-state index contributed by atoms with van der Waals surface area (Å²) < 4.78 is 11.1. The topological polar surface area (TPSA) is 201 Å². The average Bonchev–Trinajstić information content (AvgIpc) is 3.39. The zero-order valence-electron chi connectivity index (χ0n) is 38.7. The molecule has 0 aliphatic rings. The van der Waals surface area contributed by atoms with Gasteiger partial charge >= 0.3 is 11.9 Å². The molecule has 2 amide bonds. The molecule has 0 fully saturated rings. The summed E-state index contributed by atoms with van der Waals surface area (Å²) in [7, 11) is 0. The van der Waals surface area contributed by atoms with Crippen molar-refractivity contribution in [3.63, 3.8) is 0 Å². The van der Waals surface area contributed by atoms with Gasteiger partial charge in [-0.05, 0) is 121 Å². The number of anilines is 2. The zero-order chi connectivity index (χ0) is 52.2. The highest BCUT2D eigenvalue weighted by atomic mass is 35.5. The van der Waals surface area contributed by atoms with Gasteiger partial charge < -0.3 is 30.3 Å². The van der Waals surface area contributed by atoms with E-state index in [1.165, 1.54) is 24.3 Å². The van der Waals surface area contributed by atoms with Gasteiger partial charge in [-0.2, -0.15) is 10.2 Å². The fourth-order valence-electron chi connectivity index (χ4n) is 7.67. The maximum atomic E-state index is 13.8. The van der Waals surface area contributed by atoms with E-state index in [1.807, 2.05) is 0 Å². The summed E-state index contributed by atoms with van der Waals surface area (Å²) in [6.07, 6.45) is 0. The maximum absolute atomic E-state index is 13.8. The smallest absolute Gasteiger partial charge is 0.343 e. The Hall–Kier alpha value is -8.66. The van der Waals surface area contributed by atoms with Gasteiger partial charge in [0.05, 0.1) is 53.7 Å². The number of azo groups is 2. The molecular weight excluding hydrogens is 1030 g/mol. The second-order valence-electron chi connectivity index (χ2n) is 16.4. The number of fused-ring (bicyclic) bond motifs is 2. The molecule has 9 aromatic carbocycles. The summed E-state index contributed by atoms with van der Waals surface area (Å²) in [5.74, 6) is -3.68. The van der Waals surface area contributed by atoms with Crippen molar-refractivity contribution in [2.75, 3.05) is 10.6 Å². The molecular formula is C56H36Cl4N6O8. The molecule has 9 rings (SSSR count). The van der Waals surface area contributed by atoms with Crippen molar-refractivity contribution in [3.05, 3.63) is 211 Å². The highest BCUT2D eigenvalue weighted by molar-refractivity contribution is 6.38. The van der Waals surface area contributed by atoms with E-state index in [0.717, 1.165) is 0 Å². The Balaban J connectivity index is 0.913. The number of aryl methyl sites for hydroxylation is 2. The number of aromatic hydroxyl groups is 2. The van der Waals surface area contributed by atoms with Crippen molar-refractivity contribution in [2.24, 2.45) is 20.5 Å². The predicted molar refractivity (Wildman–Crippen MR) is 287 cm³/mol. The van der Waals surface area contributed by atoms with Crippen molar-refractivity contribution in [3.8, 4) is 23.0 Å². The first kappa shape index (κ1) is 50.3. The number of halogens is 4. The predicted octanol–water partition coefficient (Wildman–Crippen LogP) is 16.4. The molecule has 74 heavy (non-hydrogen) atoms. The van der Waals surface area contributed by atoms with Gasteiger partial charge in [0.2, 0.25) is 0 Å². The minimum absolute atomic E-state index is 0.00281. The van der Waals surface area contributed by atoms with Crippen LogP contribution >= 0.6 is 46.4 Å². The summed E-state index contributed by atoms with van der Waals surface area (Å²) in [6, 6.07) is 42.1. The second-order valence-corrected chi connectivity index (χ2v) is 18.1. The lowest BCUT2D eigenvalue weighted by Gasteiger charge is -2.13. The van der Waals surface area contributed by atoms with Crippen LogP contribution in [0.3, 0.4) is 0 Å². The summed E-state index contributed by atoms with van der Waals surface area (Å²) >= 11 is 24.9. The molecule has 0 radical (unpaired) electrons. The number of amides is 2. The van der Waals surface area contributed by atoms with Crippen molar-refractivity contribution >= 4 is 126 Å². The van der Waals surface area contributed by atoms with Crippen molar-refractivity contribution in [1.82, 2.24) is 0 Å². The van der Waals surface area contributed by atoms with Gasteiger partial charge in [0, 0.05) is 22.1 Å². The minimum Gasteiger partial charge on any atom is -0.505 e. The van der Waals surface area contributed by atoms with Crippen molar-refractivity contribution in [1.29, 1.82) is 0 Å². The van der Waals surface area contributed by atoms with E-state index >= 15 is 0 Å². The van der Waals surface area contributed by atoms with Crippen LogP contribution in [0.5, 0.6) is 23.0 Å². The fraction of sp³-hybridized carbons (Fsp3) is 0.0357. The third-order valence-corrected chi connectivity index (χ3v) is 12.7. The Morgan fingerprint density at radius 2 is 0.797 bits per heavy atom. The molecule has 4 N–H and O–H groups in total. The van der Waals surface area contributed by atoms with Gasteiger partial charge in [0.25, 0.3) is 11.8 Å². The van der Waals surface area contributed by atoms with E-state index in [9.17, 15) is 29.4 Å². The van der Waals surface area contributed by atoms with E-state index in [-0.39, 0.29) is 76.6 Å². The van der Waals surface area contributed by atoms with E-state index in [1.54, 1.807) is 147 Å². The molecule has 0 aromatic heterocycles. The lowest BCUT2D eigenvalue weighted by atomic mass is 10.0. The van der Waals surface area contributed by atoms with Gasteiger partial charge in [-0.25, -0.2) is 9.59 Å². The van der Waals surface area contributed by atoms with Crippen LogP contribution in [0.1, 0.15) is 52.6 Å². The number of para-hydroxylation sites is 2. The molecule has 14 nitrogen and oxygen atoms in total. The first-order valence-corrected chi connectivity index (χ1v) is 23.7. The lowest BCUT2D eigenvalue weighted by molar-refractivity contribution is 0.0724. The van der Waals surface area contributed by atoms with Crippen molar-refractivity contribution in [2.45, 2.75) is 13.8 Å². The molecule has 0 aliphatic heterocycles. The summed E-state index contributed by atoms with van der Waals surface area (Å²) in [5.41, 5.74) is 2.42. The van der Waals surface area contributed by atoms with Gasteiger partial charge in [-0.1, -0.05) is 119 Å². The van der Waals surface area contributed by atoms with Crippen molar-refractivity contribution < 1.29 is 38.9 Å². The number of esters is 2. The minimum atomic E-state index is -0.726. The largest absolute Gasteiger partial charge is 0.505 e. The second kappa shape index (κ2) is 21.6. The quantitative estimate of drug-likeness (QED) is 0.0526. The third kappa shape index (κ3) is 10.7.